The van der Waals surface area contributed by atoms with Crippen LogP contribution in [-0.4, -0.2) is 29.8 Å². The van der Waals surface area contributed by atoms with Gasteiger partial charge in [-0.25, -0.2) is 14.4 Å². The highest BCUT2D eigenvalue weighted by atomic mass is 19.1. The standard InChI is InChI=1S/C9H12FN3O2/c1-5-7(10)8(11)13-9(12-5)6-4-14-2-3-15-6/h6H,2-4H2,1H3,(H2,11,12,13). The van der Waals surface area contributed by atoms with Gasteiger partial charge in [0.1, 0.15) is 6.10 Å². The summed E-state index contributed by atoms with van der Waals surface area (Å²) >= 11 is 0. The molecule has 0 amide bonds. The number of anilines is 1. The van der Waals surface area contributed by atoms with E-state index in [1.54, 1.807) is 6.92 Å². The van der Waals surface area contributed by atoms with E-state index in [4.69, 9.17) is 15.2 Å². The van der Waals surface area contributed by atoms with Gasteiger partial charge in [0.15, 0.2) is 17.5 Å². The van der Waals surface area contributed by atoms with Crippen LogP contribution in [0.1, 0.15) is 17.6 Å². The molecule has 1 aromatic heterocycles. The number of hydrogen-bond acceptors (Lipinski definition) is 5. The van der Waals surface area contributed by atoms with E-state index < -0.39 is 5.82 Å². The van der Waals surface area contributed by atoms with Crippen molar-refractivity contribution in [1.29, 1.82) is 0 Å². The van der Waals surface area contributed by atoms with E-state index in [1.165, 1.54) is 0 Å². The summed E-state index contributed by atoms with van der Waals surface area (Å²) in [4.78, 5) is 7.83. The van der Waals surface area contributed by atoms with E-state index in [0.717, 1.165) is 0 Å². The van der Waals surface area contributed by atoms with Crippen LogP contribution in [-0.2, 0) is 9.47 Å². The van der Waals surface area contributed by atoms with Crippen molar-refractivity contribution in [2.45, 2.75) is 13.0 Å². The molecule has 1 aliphatic rings. The first-order chi connectivity index (χ1) is 7.18. The fourth-order valence-electron chi connectivity index (χ4n) is 1.38. The molecule has 0 radical (unpaired) electrons. The highest BCUT2D eigenvalue weighted by Gasteiger charge is 2.21. The molecule has 15 heavy (non-hydrogen) atoms. The average molecular weight is 213 g/mol. The molecule has 82 valence electrons. The van der Waals surface area contributed by atoms with Gasteiger partial charge in [-0.2, -0.15) is 0 Å². The molecule has 5 nitrogen and oxygen atoms in total. The van der Waals surface area contributed by atoms with Crippen molar-refractivity contribution >= 4 is 5.82 Å². The lowest BCUT2D eigenvalue weighted by Gasteiger charge is -2.22. The number of nitrogens with two attached hydrogens (primary N) is 1. The Morgan fingerprint density at radius 1 is 1.40 bits per heavy atom. The first kappa shape index (κ1) is 10.3. The predicted molar refractivity (Wildman–Crippen MR) is 50.7 cm³/mol. The summed E-state index contributed by atoms with van der Waals surface area (Å²) in [5.74, 6) is -0.340. The van der Waals surface area contributed by atoms with Crippen molar-refractivity contribution in [3.8, 4) is 0 Å². The van der Waals surface area contributed by atoms with Crippen LogP contribution in [0.2, 0.25) is 0 Å². The van der Waals surface area contributed by atoms with Crippen molar-refractivity contribution in [2.24, 2.45) is 0 Å². The van der Waals surface area contributed by atoms with E-state index >= 15 is 0 Å². The molecule has 1 aliphatic heterocycles. The highest BCUT2D eigenvalue weighted by molar-refractivity contribution is 5.32. The van der Waals surface area contributed by atoms with Crippen LogP contribution in [0.15, 0.2) is 0 Å². The zero-order valence-electron chi connectivity index (χ0n) is 8.36. The largest absolute Gasteiger partial charge is 0.381 e. The van der Waals surface area contributed by atoms with E-state index in [2.05, 4.69) is 9.97 Å². The fourth-order valence-corrected chi connectivity index (χ4v) is 1.38. The van der Waals surface area contributed by atoms with E-state index in [-0.39, 0.29) is 17.6 Å². The van der Waals surface area contributed by atoms with Crippen molar-refractivity contribution in [1.82, 2.24) is 9.97 Å². The van der Waals surface area contributed by atoms with E-state index in [1.807, 2.05) is 0 Å². The molecule has 2 rings (SSSR count). The Morgan fingerprint density at radius 2 is 2.20 bits per heavy atom. The van der Waals surface area contributed by atoms with Crippen molar-refractivity contribution in [2.75, 3.05) is 25.6 Å². The van der Waals surface area contributed by atoms with E-state index in [0.29, 0.717) is 25.6 Å². The summed E-state index contributed by atoms with van der Waals surface area (Å²) in [7, 11) is 0. The Morgan fingerprint density at radius 3 is 2.80 bits per heavy atom. The van der Waals surface area contributed by atoms with Gasteiger partial charge >= 0.3 is 0 Å². The Kier molecular flexibility index (Phi) is 2.79. The monoisotopic (exact) mass is 213 g/mol. The van der Waals surface area contributed by atoms with Crippen LogP contribution in [0.25, 0.3) is 0 Å². The Hall–Kier alpha value is -1.27. The van der Waals surface area contributed by atoms with Crippen LogP contribution >= 0.6 is 0 Å². The quantitative estimate of drug-likeness (QED) is 0.739. The third-order valence-corrected chi connectivity index (χ3v) is 2.16. The third-order valence-electron chi connectivity index (χ3n) is 2.16. The average Bonchev–Trinajstić information content (AvgIpc) is 2.26. The topological polar surface area (TPSA) is 70.3 Å². The Labute approximate surface area is 86.4 Å². The van der Waals surface area contributed by atoms with Gasteiger partial charge in [0, 0.05) is 0 Å². The van der Waals surface area contributed by atoms with Crippen LogP contribution in [0.5, 0.6) is 0 Å². The zero-order chi connectivity index (χ0) is 10.8. The molecule has 0 spiro atoms. The maximum absolute atomic E-state index is 13.2. The molecular formula is C9H12FN3O2. The summed E-state index contributed by atoms with van der Waals surface area (Å²) in [5, 5.41) is 0. The first-order valence-corrected chi connectivity index (χ1v) is 4.67. The molecule has 0 bridgehead atoms. The van der Waals surface area contributed by atoms with Crippen LogP contribution in [0, 0.1) is 12.7 Å². The number of aryl methyl sites for hydroxylation is 1. The van der Waals surface area contributed by atoms with Crippen molar-refractivity contribution < 1.29 is 13.9 Å². The number of nitrogen functional groups attached to an aromatic ring is 1. The smallest absolute Gasteiger partial charge is 0.186 e. The van der Waals surface area contributed by atoms with Gasteiger partial charge in [0.05, 0.1) is 25.5 Å². The minimum atomic E-state index is -0.574. The van der Waals surface area contributed by atoms with Crippen molar-refractivity contribution in [3.63, 3.8) is 0 Å². The molecule has 1 atom stereocenters. The predicted octanol–water partition coefficient (Wildman–Crippen LogP) is 0.594. The second-order valence-electron chi connectivity index (χ2n) is 3.30. The first-order valence-electron chi connectivity index (χ1n) is 4.67. The summed E-state index contributed by atoms with van der Waals surface area (Å²) in [6.45, 7) is 2.97. The molecule has 1 fully saturated rings. The molecule has 2 N–H and O–H groups in total. The third kappa shape index (κ3) is 2.05. The van der Waals surface area contributed by atoms with Crippen molar-refractivity contribution in [3.05, 3.63) is 17.3 Å². The maximum Gasteiger partial charge on any atom is 0.186 e. The summed E-state index contributed by atoms with van der Waals surface area (Å²) in [6, 6.07) is 0. The van der Waals surface area contributed by atoms with Crippen LogP contribution in [0.4, 0.5) is 10.2 Å². The molecule has 1 unspecified atom stereocenters. The number of rotatable bonds is 1. The lowest BCUT2D eigenvalue weighted by Crippen LogP contribution is -2.24. The van der Waals surface area contributed by atoms with Crippen LogP contribution < -0.4 is 5.73 Å². The van der Waals surface area contributed by atoms with Gasteiger partial charge in [0.2, 0.25) is 0 Å². The molecule has 6 heteroatoms. The number of hydrogen-bond donors (Lipinski definition) is 1. The van der Waals surface area contributed by atoms with Gasteiger partial charge < -0.3 is 15.2 Å². The SMILES string of the molecule is Cc1nc(C2COCCO2)nc(N)c1F. The second-order valence-corrected chi connectivity index (χ2v) is 3.30. The van der Waals surface area contributed by atoms with Crippen LogP contribution in [0.3, 0.4) is 0 Å². The number of aromatic nitrogens is 2. The molecule has 0 saturated carbocycles. The normalized spacial score (nSPS) is 21.6. The number of halogens is 1. The van der Waals surface area contributed by atoms with Gasteiger partial charge in [-0.3, -0.25) is 0 Å². The van der Waals surface area contributed by atoms with Gasteiger partial charge in [-0.05, 0) is 6.92 Å². The zero-order valence-corrected chi connectivity index (χ0v) is 8.36. The Bertz CT molecular complexity index is 343. The Balaban J connectivity index is 2.27. The molecule has 0 aromatic carbocycles. The fraction of sp³-hybridized carbons (Fsp3) is 0.556. The maximum atomic E-state index is 13.2. The van der Waals surface area contributed by atoms with E-state index in [9.17, 15) is 4.39 Å². The van der Waals surface area contributed by atoms with Gasteiger partial charge in [0.25, 0.3) is 0 Å². The molecular weight excluding hydrogens is 201 g/mol. The molecule has 0 aliphatic carbocycles. The number of nitrogens with zero attached hydrogens (tertiary/aromatic N) is 2. The number of ether oxygens (including phenoxy) is 2. The summed E-state index contributed by atoms with van der Waals surface area (Å²) in [6.07, 6.45) is -0.347. The summed E-state index contributed by atoms with van der Waals surface area (Å²) < 4.78 is 23.7. The summed E-state index contributed by atoms with van der Waals surface area (Å²) in [5.41, 5.74) is 5.63. The highest BCUT2D eigenvalue weighted by Crippen LogP contribution is 2.20. The lowest BCUT2D eigenvalue weighted by molar-refractivity contribution is -0.0935. The minimum Gasteiger partial charge on any atom is -0.381 e. The lowest BCUT2D eigenvalue weighted by atomic mass is 10.3. The van der Waals surface area contributed by atoms with Gasteiger partial charge in [-0.15, -0.1) is 0 Å². The molecule has 2 heterocycles. The minimum absolute atomic E-state index is 0.147. The molecule has 1 saturated heterocycles. The van der Waals surface area contributed by atoms with Gasteiger partial charge in [-0.1, -0.05) is 0 Å². The second kappa shape index (κ2) is 4.08. The molecule has 1 aromatic rings.